The van der Waals surface area contributed by atoms with Crippen LogP contribution in [0.1, 0.15) is 5.56 Å². The Morgan fingerprint density at radius 3 is 2.58 bits per heavy atom. The maximum atomic E-state index is 6.29. The molecule has 1 aromatic heterocycles. The van der Waals surface area contributed by atoms with Crippen LogP contribution in [0.2, 0.25) is 10.0 Å². The second-order valence-electron chi connectivity index (χ2n) is 4.26. The molecule has 4 heteroatoms. The van der Waals surface area contributed by atoms with Gasteiger partial charge in [0.05, 0.1) is 5.02 Å². The third-order valence-electron chi connectivity index (χ3n) is 2.91. The first kappa shape index (κ1) is 12.9. The molecule has 1 N–H and O–H groups in total. The third kappa shape index (κ3) is 2.92. The van der Waals surface area contributed by atoms with E-state index in [4.69, 9.17) is 23.2 Å². The smallest absolute Gasteiger partial charge is 0.0563 e. The van der Waals surface area contributed by atoms with E-state index in [0.717, 1.165) is 26.2 Å². The zero-order chi connectivity index (χ0) is 13.2. The molecule has 1 nitrogen and oxygen atoms in total. The fourth-order valence-corrected chi connectivity index (χ4v) is 3.28. The molecule has 0 aliphatic heterocycles. The summed E-state index contributed by atoms with van der Waals surface area (Å²) in [5, 5.41) is 2.73. The Kier molecular flexibility index (Phi) is 3.74. The van der Waals surface area contributed by atoms with Gasteiger partial charge in [0.2, 0.25) is 0 Å². The van der Waals surface area contributed by atoms with Crippen molar-refractivity contribution >= 4 is 45.9 Å². The molecule has 0 aliphatic carbocycles. The molecule has 0 spiro atoms. The molecular formula is C15H11Cl2NS. The van der Waals surface area contributed by atoms with Crippen molar-refractivity contribution in [1.29, 1.82) is 0 Å². The predicted octanol–water partition coefficient (Wildman–Crippen LogP) is 5.77. The van der Waals surface area contributed by atoms with Gasteiger partial charge in [0.1, 0.15) is 0 Å². The Hall–Kier alpha value is -1.09. The molecular weight excluding hydrogens is 297 g/mol. The van der Waals surface area contributed by atoms with Gasteiger partial charge >= 0.3 is 0 Å². The van der Waals surface area contributed by atoms with E-state index in [1.54, 1.807) is 11.8 Å². The molecule has 0 saturated heterocycles. The number of rotatable bonds is 3. The van der Waals surface area contributed by atoms with Gasteiger partial charge in [-0.25, -0.2) is 0 Å². The lowest BCUT2D eigenvalue weighted by molar-refractivity contribution is 1.39. The average molecular weight is 308 g/mol. The Balaban J connectivity index is 1.80. The van der Waals surface area contributed by atoms with Gasteiger partial charge in [-0.2, -0.15) is 0 Å². The number of thioether (sulfide) groups is 1. The van der Waals surface area contributed by atoms with Crippen LogP contribution in [0.25, 0.3) is 10.9 Å². The van der Waals surface area contributed by atoms with E-state index < -0.39 is 0 Å². The quantitative estimate of drug-likeness (QED) is 0.608. The molecule has 0 amide bonds. The minimum absolute atomic E-state index is 0.764. The van der Waals surface area contributed by atoms with E-state index in [-0.39, 0.29) is 0 Å². The van der Waals surface area contributed by atoms with Crippen molar-refractivity contribution in [3.05, 3.63) is 64.3 Å². The average Bonchev–Trinajstić information content (AvgIpc) is 2.85. The summed E-state index contributed by atoms with van der Waals surface area (Å²) in [6.07, 6.45) is 1.93. The number of aromatic nitrogens is 1. The summed E-state index contributed by atoms with van der Waals surface area (Å²) in [7, 11) is 0. The SMILES string of the molecule is Clc1ccc(CSc2cc3cc[nH]c3cc2Cl)cc1. The van der Waals surface area contributed by atoms with Crippen molar-refractivity contribution in [1.82, 2.24) is 4.98 Å². The molecule has 19 heavy (non-hydrogen) atoms. The maximum absolute atomic E-state index is 6.29. The summed E-state index contributed by atoms with van der Waals surface area (Å²) in [6, 6.07) is 14.0. The van der Waals surface area contributed by atoms with E-state index in [0.29, 0.717) is 0 Å². The summed E-state index contributed by atoms with van der Waals surface area (Å²) in [5.41, 5.74) is 2.31. The summed E-state index contributed by atoms with van der Waals surface area (Å²) in [5.74, 6) is 0.882. The Morgan fingerprint density at radius 1 is 1.00 bits per heavy atom. The zero-order valence-corrected chi connectivity index (χ0v) is 12.3. The van der Waals surface area contributed by atoms with E-state index in [1.165, 1.54) is 10.9 Å². The largest absolute Gasteiger partial charge is 0.361 e. The van der Waals surface area contributed by atoms with Crippen molar-refractivity contribution in [3.8, 4) is 0 Å². The Bertz CT molecular complexity index is 704. The highest BCUT2D eigenvalue weighted by Gasteiger charge is 2.05. The summed E-state index contributed by atoms with van der Waals surface area (Å²) < 4.78 is 0. The van der Waals surface area contributed by atoms with Crippen molar-refractivity contribution in [2.24, 2.45) is 0 Å². The summed E-state index contributed by atoms with van der Waals surface area (Å²) in [6.45, 7) is 0. The van der Waals surface area contributed by atoms with Crippen LogP contribution in [0.4, 0.5) is 0 Å². The van der Waals surface area contributed by atoms with Gasteiger partial charge in [-0.3, -0.25) is 0 Å². The number of aromatic amines is 1. The summed E-state index contributed by atoms with van der Waals surface area (Å²) in [4.78, 5) is 4.26. The first-order valence-electron chi connectivity index (χ1n) is 5.86. The van der Waals surface area contributed by atoms with Gasteiger partial charge in [-0.15, -0.1) is 11.8 Å². The standard InChI is InChI=1S/C15H11Cl2NS/c16-12-3-1-10(2-4-12)9-19-15-7-11-5-6-18-14(11)8-13(15)17/h1-8,18H,9H2. The normalized spacial score (nSPS) is 11.1. The van der Waals surface area contributed by atoms with Crippen LogP contribution in [0.3, 0.4) is 0 Å². The molecule has 3 rings (SSSR count). The van der Waals surface area contributed by atoms with Crippen molar-refractivity contribution in [2.75, 3.05) is 0 Å². The number of hydrogen-bond donors (Lipinski definition) is 1. The highest BCUT2D eigenvalue weighted by Crippen LogP contribution is 2.33. The number of nitrogens with one attached hydrogen (secondary N) is 1. The van der Waals surface area contributed by atoms with Crippen LogP contribution in [-0.2, 0) is 5.75 Å². The minimum atomic E-state index is 0.764. The van der Waals surface area contributed by atoms with Crippen molar-refractivity contribution in [2.45, 2.75) is 10.6 Å². The number of halogens is 2. The highest BCUT2D eigenvalue weighted by molar-refractivity contribution is 7.98. The lowest BCUT2D eigenvalue weighted by atomic mass is 10.2. The minimum Gasteiger partial charge on any atom is -0.361 e. The number of benzene rings is 2. The van der Waals surface area contributed by atoms with Gasteiger partial charge < -0.3 is 4.98 Å². The van der Waals surface area contributed by atoms with Crippen LogP contribution in [0.15, 0.2) is 53.6 Å². The van der Waals surface area contributed by atoms with E-state index >= 15 is 0 Å². The van der Waals surface area contributed by atoms with Gasteiger partial charge in [0.15, 0.2) is 0 Å². The fourth-order valence-electron chi connectivity index (χ4n) is 1.91. The third-order valence-corrected chi connectivity index (χ3v) is 4.72. The number of H-pyrrole nitrogens is 1. The topological polar surface area (TPSA) is 15.8 Å². The Labute approximate surface area is 125 Å². The monoisotopic (exact) mass is 307 g/mol. The summed E-state index contributed by atoms with van der Waals surface area (Å²) >= 11 is 13.9. The van der Waals surface area contributed by atoms with Gasteiger partial charge in [0, 0.05) is 32.8 Å². The molecule has 2 aromatic carbocycles. The van der Waals surface area contributed by atoms with Gasteiger partial charge in [-0.1, -0.05) is 35.3 Å². The van der Waals surface area contributed by atoms with Crippen molar-refractivity contribution < 1.29 is 0 Å². The van der Waals surface area contributed by atoms with E-state index in [1.807, 2.05) is 36.5 Å². The first-order chi connectivity index (χ1) is 9.22. The molecule has 3 aromatic rings. The molecule has 0 radical (unpaired) electrons. The number of fused-ring (bicyclic) bond motifs is 1. The van der Waals surface area contributed by atoms with E-state index in [2.05, 4.69) is 17.1 Å². The molecule has 0 atom stereocenters. The van der Waals surface area contributed by atoms with Crippen molar-refractivity contribution in [3.63, 3.8) is 0 Å². The molecule has 0 fully saturated rings. The number of hydrogen-bond acceptors (Lipinski definition) is 1. The highest BCUT2D eigenvalue weighted by atomic mass is 35.5. The lowest BCUT2D eigenvalue weighted by Gasteiger charge is -2.05. The second kappa shape index (κ2) is 5.49. The van der Waals surface area contributed by atoms with Crippen LogP contribution >= 0.6 is 35.0 Å². The Morgan fingerprint density at radius 2 is 1.79 bits per heavy atom. The van der Waals surface area contributed by atoms with Crippen LogP contribution in [-0.4, -0.2) is 4.98 Å². The molecule has 1 heterocycles. The fraction of sp³-hybridized carbons (Fsp3) is 0.0667. The van der Waals surface area contributed by atoms with Gasteiger partial charge in [0.25, 0.3) is 0 Å². The molecule has 0 aliphatic rings. The van der Waals surface area contributed by atoms with Gasteiger partial charge in [-0.05, 0) is 35.9 Å². The first-order valence-corrected chi connectivity index (χ1v) is 7.60. The molecule has 0 unspecified atom stereocenters. The van der Waals surface area contributed by atoms with E-state index in [9.17, 15) is 0 Å². The molecule has 96 valence electrons. The molecule has 0 bridgehead atoms. The second-order valence-corrected chi connectivity index (χ2v) is 6.12. The molecule has 0 saturated carbocycles. The van der Waals surface area contributed by atoms with Crippen LogP contribution < -0.4 is 0 Å². The predicted molar refractivity (Wildman–Crippen MR) is 84.3 cm³/mol. The maximum Gasteiger partial charge on any atom is 0.0563 e. The van der Waals surface area contributed by atoms with Crippen LogP contribution in [0.5, 0.6) is 0 Å². The zero-order valence-electron chi connectivity index (χ0n) is 9.99. The lowest BCUT2D eigenvalue weighted by Crippen LogP contribution is -1.81. The van der Waals surface area contributed by atoms with Crippen LogP contribution in [0, 0.1) is 0 Å².